The van der Waals surface area contributed by atoms with Gasteiger partial charge in [0.25, 0.3) is 5.56 Å². The standard InChI is InChI=1S/C21H21ClN6O2S/c1-2-8-28-19(30)16-5-4-15(22)13-17(16)25-21(28)31-14-18(29)26-9-11-27(12-10-26)20-23-6-3-7-24-20/h2-7,13H,1,8-12,14H2. The number of aromatic nitrogens is 4. The van der Waals surface area contributed by atoms with Crippen LogP contribution < -0.4 is 10.5 Å². The molecule has 160 valence electrons. The number of carbonyl (C=O) groups is 1. The first-order valence-corrected chi connectivity index (χ1v) is 11.2. The summed E-state index contributed by atoms with van der Waals surface area (Å²) in [5.41, 5.74) is 0.345. The molecule has 3 heterocycles. The second-order valence-electron chi connectivity index (χ2n) is 6.97. The van der Waals surface area contributed by atoms with E-state index >= 15 is 0 Å². The van der Waals surface area contributed by atoms with E-state index in [1.54, 1.807) is 42.7 Å². The van der Waals surface area contributed by atoms with Gasteiger partial charge in [-0.1, -0.05) is 29.4 Å². The van der Waals surface area contributed by atoms with Crippen molar-refractivity contribution in [1.29, 1.82) is 0 Å². The molecule has 0 bridgehead atoms. The Morgan fingerprint density at radius 2 is 1.94 bits per heavy atom. The fourth-order valence-corrected chi connectivity index (χ4v) is 4.48. The monoisotopic (exact) mass is 456 g/mol. The largest absolute Gasteiger partial charge is 0.338 e. The fourth-order valence-electron chi connectivity index (χ4n) is 3.40. The maximum atomic E-state index is 12.9. The van der Waals surface area contributed by atoms with E-state index in [0.29, 0.717) is 59.8 Å². The van der Waals surface area contributed by atoms with Gasteiger partial charge in [-0.15, -0.1) is 6.58 Å². The molecule has 0 spiro atoms. The number of piperazine rings is 1. The zero-order chi connectivity index (χ0) is 21.8. The van der Waals surface area contributed by atoms with Gasteiger partial charge in [-0.2, -0.15) is 0 Å². The van der Waals surface area contributed by atoms with Gasteiger partial charge in [-0.05, 0) is 24.3 Å². The van der Waals surface area contributed by atoms with Crippen LogP contribution in [0.3, 0.4) is 0 Å². The SMILES string of the molecule is C=CCn1c(SCC(=O)N2CCN(c3ncccn3)CC2)nc2cc(Cl)ccc2c1=O. The third-order valence-electron chi connectivity index (χ3n) is 4.99. The van der Waals surface area contributed by atoms with Gasteiger partial charge < -0.3 is 9.80 Å². The quantitative estimate of drug-likeness (QED) is 0.320. The van der Waals surface area contributed by atoms with E-state index < -0.39 is 0 Å². The lowest BCUT2D eigenvalue weighted by Crippen LogP contribution is -2.49. The minimum atomic E-state index is -0.173. The molecule has 0 atom stereocenters. The average Bonchev–Trinajstić information content (AvgIpc) is 2.80. The number of fused-ring (bicyclic) bond motifs is 1. The van der Waals surface area contributed by atoms with Crippen LogP contribution in [0.15, 0.2) is 59.3 Å². The zero-order valence-electron chi connectivity index (χ0n) is 16.8. The van der Waals surface area contributed by atoms with E-state index in [0.717, 1.165) is 0 Å². The summed E-state index contributed by atoms with van der Waals surface area (Å²) in [6.45, 7) is 6.58. The second-order valence-corrected chi connectivity index (χ2v) is 8.34. The summed E-state index contributed by atoms with van der Waals surface area (Å²) >= 11 is 7.32. The van der Waals surface area contributed by atoms with Crippen LogP contribution in [0.1, 0.15) is 0 Å². The minimum absolute atomic E-state index is 0.00391. The van der Waals surface area contributed by atoms with Crippen LogP contribution in [0.5, 0.6) is 0 Å². The molecule has 1 aromatic carbocycles. The Bertz CT molecular complexity index is 1160. The number of nitrogens with zero attached hydrogens (tertiary/aromatic N) is 6. The number of carbonyl (C=O) groups excluding carboxylic acids is 1. The maximum Gasteiger partial charge on any atom is 0.262 e. The Balaban J connectivity index is 1.45. The fraction of sp³-hybridized carbons (Fsp3) is 0.286. The highest BCUT2D eigenvalue weighted by Crippen LogP contribution is 2.21. The van der Waals surface area contributed by atoms with Crippen molar-refractivity contribution < 1.29 is 4.79 Å². The van der Waals surface area contributed by atoms with Crippen LogP contribution in [0.4, 0.5) is 5.95 Å². The number of allylic oxidation sites excluding steroid dienone is 1. The zero-order valence-corrected chi connectivity index (χ0v) is 18.3. The highest BCUT2D eigenvalue weighted by Gasteiger charge is 2.23. The second kappa shape index (κ2) is 9.49. The van der Waals surface area contributed by atoms with Gasteiger partial charge in [-0.3, -0.25) is 14.2 Å². The molecule has 1 saturated heterocycles. The summed E-state index contributed by atoms with van der Waals surface area (Å²) in [4.78, 5) is 42.7. The van der Waals surface area contributed by atoms with E-state index in [-0.39, 0.29) is 17.2 Å². The first-order valence-electron chi connectivity index (χ1n) is 9.80. The summed E-state index contributed by atoms with van der Waals surface area (Å²) < 4.78 is 1.53. The lowest BCUT2D eigenvalue weighted by Gasteiger charge is -2.34. The van der Waals surface area contributed by atoms with Gasteiger partial charge in [0.05, 0.1) is 16.7 Å². The number of hydrogen-bond donors (Lipinski definition) is 0. The van der Waals surface area contributed by atoms with Crippen molar-refractivity contribution in [2.45, 2.75) is 11.7 Å². The number of benzene rings is 1. The maximum absolute atomic E-state index is 12.9. The summed E-state index contributed by atoms with van der Waals surface area (Å²) in [7, 11) is 0. The smallest absolute Gasteiger partial charge is 0.262 e. The molecule has 3 aromatic rings. The molecule has 2 aromatic heterocycles. The molecule has 0 N–H and O–H groups in total. The summed E-state index contributed by atoms with van der Waals surface area (Å²) in [5.74, 6) is 0.873. The number of thioether (sulfide) groups is 1. The Kier molecular flexibility index (Phi) is 6.53. The van der Waals surface area contributed by atoms with Crippen molar-refractivity contribution in [2.75, 3.05) is 36.8 Å². The molecule has 0 radical (unpaired) electrons. The van der Waals surface area contributed by atoms with Crippen molar-refractivity contribution >= 4 is 46.1 Å². The van der Waals surface area contributed by atoms with Crippen molar-refractivity contribution in [2.24, 2.45) is 0 Å². The first kappa shape index (κ1) is 21.3. The van der Waals surface area contributed by atoms with Crippen molar-refractivity contribution in [3.05, 3.63) is 64.7 Å². The lowest BCUT2D eigenvalue weighted by atomic mass is 10.2. The average molecular weight is 457 g/mol. The summed E-state index contributed by atoms with van der Waals surface area (Å²) in [6, 6.07) is 6.78. The molecular formula is C21H21ClN6O2S. The van der Waals surface area contributed by atoms with Gasteiger partial charge >= 0.3 is 0 Å². The molecule has 0 unspecified atom stereocenters. The predicted octanol–water partition coefficient (Wildman–Crippen LogP) is 2.47. The van der Waals surface area contributed by atoms with Gasteiger partial charge in [0.15, 0.2) is 5.16 Å². The van der Waals surface area contributed by atoms with E-state index in [9.17, 15) is 9.59 Å². The summed E-state index contributed by atoms with van der Waals surface area (Å²) in [5, 5.41) is 1.47. The molecule has 8 nitrogen and oxygen atoms in total. The van der Waals surface area contributed by atoms with Gasteiger partial charge in [0, 0.05) is 50.1 Å². The number of rotatable bonds is 6. The predicted molar refractivity (Wildman–Crippen MR) is 123 cm³/mol. The van der Waals surface area contributed by atoms with Crippen LogP contribution in [0.2, 0.25) is 5.02 Å². The third kappa shape index (κ3) is 4.72. The van der Waals surface area contributed by atoms with Gasteiger partial charge in [0.1, 0.15) is 0 Å². The molecule has 1 fully saturated rings. The van der Waals surface area contributed by atoms with Crippen molar-refractivity contribution in [3.8, 4) is 0 Å². The van der Waals surface area contributed by atoms with Gasteiger partial charge in [-0.25, -0.2) is 15.0 Å². The Morgan fingerprint density at radius 1 is 1.19 bits per heavy atom. The summed E-state index contributed by atoms with van der Waals surface area (Å²) in [6.07, 6.45) is 5.06. The van der Waals surface area contributed by atoms with Crippen LogP contribution in [0.25, 0.3) is 10.9 Å². The Labute approximate surface area is 188 Å². The van der Waals surface area contributed by atoms with Crippen LogP contribution >= 0.6 is 23.4 Å². The molecule has 0 saturated carbocycles. The number of halogens is 1. The van der Waals surface area contributed by atoms with Crippen molar-refractivity contribution in [1.82, 2.24) is 24.4 Å². The number of hydrogen-bond acceptors (Lipinski definition) is 7. The van der Waals surface area contributed by atoms with E-state index in [1.807, 2.05) is 4.90 Å². The van der Waals surface area contributed by atoms with E-state index in [1.165, 1.54) is 16.3 Å². The first-order chi connectivity index (χ1) is 15.1. The molecule has 31 heavy (non-hydrogen) atoms. The number of amides is 1. The molecule has 1 aliphatic rings. The van der Waals surface area contributed by atoms with Crippen LogP contribution in [0, 0.1) is 0 Å². The topological polar surface area (TPSA) is 84.2 Å². The Hall–Kier alpha value is -2.91. The minimum Gasteiger partial charge on any atom is -0.338 e. The van der Waals surface area contributed by atoms with Gasteiger partial charge in [0.2, 0.25) is 11.9 Å². The normalized spacial score (nSPS) is 14.1. The highest BCUT2D eigenvalue weighted by molar-refractivity contribution is 7.99. The lowest BCUT2D eigenvalue weighted by molar-refractivity contribution is -0.128. The molecule has 0 aliphatic carbocycles. The Morgan fingerprint density at radius 3 is 2.65 bits per heavy atom. The van der Waals surface area contributed by atoms with Crippen LogP contribution in [-0.2, 0) is 11.3 Å². The van der Waals surface area contributed by atoms with Crippen LogP contribution in [-0.4, -0.2) is 62.3 Å². The molecule has 4 rings (SSSR count). The van der Waals surface area contributed by atoms with E-state index in [2.05, 4.69) is 26.4 Å². The molecule has 10 heteroatoms. The molecule has 1 aliphatic heterocycles. The highest BCUT2D eigenvalue weighted by atomic mass is 35.5. The molecular weight excluding hydrogens is 436 g/mol. The van der Waals surface area contributed by atoms with E-state index in [4.69, 9.17) is 11.6 Å². The number of anilines is 1. The van der Waals surface area contributed by atoms with Crippen molar-refractivity contribution in [3.63, 3.8) is 0 Å². The molecule has 1 amide bonds. The third-order valence-corrected chi connectivity index (χ3v) is 6.18.